The number of aromatic amines is 1. The Morgan fingerprint density at radius 1 is 1.09 bits per heavy atom. The van der Waals surface area contributed by atoms with E-state index >= 15 is 0 Å². The van der Waals surface area contributed by atoms with E-state index in [1.807, 2.05) is 0 Å². The third kappa shape index (κ3) is 4.80. The Morgan fingerprint density at radius 3 is 2.38 bits per heavy atom. The molecule has 0 fully saturated rings. The van der Waals surface area contributed by atoms with Crippen LogP contribution in [0.2, 0.25) is 0 Å². The van der Waals surface area contributed by atoms with E-state index < -0.39 is 28.9 Å². The largest absolute Gasteiger partial charge is 0.416 e. The second kappa shape index (κ2) is 8.96. The Hall–Kier alpha value is -4.08. The van der Waals surface area contributed by atoms with Crippen molar-refractivity contribution in [3.8, 4) is 0 Å². The maximum atomic E-state index is 13.1. The number of nitrogens with zero attached hydrogens (tertiary/aromatic N) is 2. The minimum atomic E-state index is -4.59. The number of hydrogen-bond donors (Lipinski definition) is 2. The fourth-order valence-electron chi connectivity index (χ4n) is 3.11. The van der Waals surface area contributed by atoms with Crippen molar-refractivity contribution in [1.82, 2.24) is 9.55 Å². The third-order valence-electron chi connectivity index (χ3n) is 4.74. The van der Waals surface area contributed by atoms with Gasteiger partial charge in [0.1, 0.15) is 5.82 Å². The first-order valence-corrected chi connectivity index (χ1v) is 9.38. The second-order valence-electron chi connectivity index (χ2n) is 6.88. The number of alkyl halides is 3. The molecule has 1 heterocycles. The lowest BCUT2D eigenvalue weighted by Gasteiger charge is -2.19. The SMILES string of the molecule is CN(C(=O)/C=C/c1ccccc1C(F)(F)F)c1c(N)n(Cc2ccccc2)c(=O)[nH]c1=O. The van der Waals surface area contributed by atoms with Gasteiger partial charge in [-0.3, -0.25) is 19.1 Å². The molecule has 0 spiro atoms. The molecule has 166 valence electrons. The van der Waals surface area contributed by atoms with Gasteiger partial charge in [0.05, 0.1) is 12.1 Å². The molecule has 2 aromatic carbocycles. The van der Waals surface area contributed by atoms with E-state index in [9.17, 15) is 27.6 Å². The van der Waals surface area contributed by atoms with Crippen LogP contribution in [0, 0.1) is 0 Å². The zero-order valence-corrected chi connectivity index (χ0v) is 16.9. The first kappa shape index (κ1) is 22.6. The second-order valence-corrected chi connectivity index (χ2v) is 6.88. The zero-order chi connectivity index (χ0) is 23.5. The van der Waals surface area contributed by atoms with Crippen LogP contribution in [0.25, 0.3) is 6.08 Å². The lowest BCUT2D eigenvalue weighted by molar-refractivity contribution is -0.137. The summed E-state index contributed by atoms with van der Waals surface area (Å²) in [7, 11) is 1.24. The Bertz CT molecular complexity index is 1280. The van der Waals surface area contributed by atoms with Crippen molar-refractivity contribution >= 4 is 23.5 Å². The molecule has 0 saturated heterocycles. The van der Waals surface area contributed by atoms with Crippen molar-refractivity contribution in [3.63, 3.8) is 0 Å². The fraction of sp³-hybridized carbons (Fsp3) is 0.136. The molecule has 0 radical (unpaired) electrons. The summed E-state index contributed by atoms with van der Waals surface area (Å²) in [5.74, 6) is -1.05. The van der Waals surface area contributed by atoms with Gasteiger partial charge >= 0.3 is 11.9 Å². The highest BCUT2D eigenvalue weighted by molar-refractivity contribution is 6.04. The molecule has 0 aliphatic heterocycles. The van der Waals surface area contributed by atoms with Gasteiger partial charge in [-0.05, 0) is 23.3 Å². The highest BCUT2D eigenvalue weighted by atomic mass is 19.4. The van der Waals surface area contributed by atoms with Gasteiger partial charge in [0, 0.05) is 13.1 Å². The van der Waals surface area contributed by atoms with E-state index in [0.717, 1.165) is 33.2 Å². The summed E-state index contributed by atoms with van der Waals surface area (Å²) in [5.41, 5.74) is 3.72. The van der Waals surface area contributed by atoms with Crippen LogP contribution in [0.15, 0.2) is 70.3 Å². The molecule has 0 saturated carbocycles. The maximum absolute atomic E-state index is 13.1. The van der Waals surface area contributed by atoms with E-state index in [2.05, 4.69) is 4.98 Å². The average molecular weight is 444 g/mol. The van der Waals surface area contributed by atoms with Crippen LogP contribution in [0.5, 0.6) is 0 Å². The van der Waals surface area contributed by atoms with E-state index in [4.69, 9.17) is 5.73 Å². The quantitative estimate of drug-likeness (QED) is 0.591. The van der Waals surface area contributed by atoms with Gasteiger partial charge < -0.3 is 10.6 Å². The molecule has 3 rings (SSSR count). The van der Waals surface area contributed by atoms with E-state index in [0.29, 0.717) is 0 Å². The molecular formula is C22H19F3N4O3. The number of anilines is 2. The zero-order valence-electron chi connectivity index (χ0n) is 16.9. The van der Waals surface area contributed by atoms with E-state index in [-0.39, 0.29) is 23.6 Å². The summed E-state index contributed by atoms with van der Waals surface area (Å²) in [4.78, 5) is 40.2. The first-order chi connectivity index (χ1) is 15.1. The van der Waals surface area contributed by atoms with Crippen molar-refractivity contribution < 1.29 is 18.0 Å². The number of likely N-dealkylation sites (N-methyl/N-ethyl adjacent to an activating group) is 1. The first-order valence-electron chi connectivity index (χ1n) is 9.38. The number of nitrogen functional groups attached to an aromatic ring is 1. The monoisotopic (exact) mass is 444 g/mol. The van der Waals surface area contributed by atoms with Crippen LogP contribution in [-0.2, 0) is 17.5 Å². The topological polar surface area (TPSA) is 101 Å². The predicted molar refractivity (Wildman–Crippen MR) is 115 cm³/mol. The number of benzene rings is 2. The molecule has 3 N–H and O–H groups in total. The van der Waals surface area contributed by atoms with Crippen molar-refractivity contribution in [2.45, 2.75) is 12.7 Å². The summed E-state index contributed by atoms with van der Waals surface area (Å²) in [5, 5.41) is 0. The minimum absolute atomic E-state index is 0.0477. The van der Waals surface area contributed by atoms with Crippen LogP contribution in [0.1, 0.15) is 16.7 Å². The molecule has 0 bridgehead atoms. The molecular weight excluding hydrogens is 425 g/mol. The summed E-state index contributed by atoms with van der Waals surface area (Å²) in [6, 6.07) is 13.6. The van der Waals surface area contributed by atoms with Crippen LogP contribution in [-0.4, -0.2) is 22.5 Å². The number of nitrogens with one attached hydrogen (secondary N) is 1. The number of hydrogen-bond acceptors (Lipinski definition) is 4. The molecule has 0 atom stereocenters. The van der Waals surface area contributed by atoms with E-state index in [1.54, 1.807) is 30.3 Å². The van der Waals surface area contributed by atoms with Crippen molar-refractivity contribution in [2.24, 2.45) is 0 Å². The number of amides is 1. The van der Waals surface area contributed by atoms with Crippen LogP contribution >= 0.6 is 0 Å². The lowest BCUT2D eigenvalue weighted by Crippen LogP contribution is -2.39. The van der Waals surface area contributed by atoms with Gasteiger partial charge in [0.25, 0.3) is 11.5 Å². The number of carbonyl (C=O) groups excluding carboxylic acids is 1. The number of halogens is 3. The standard InChI is InChI=1S/C22H19F3N4O3/c1-28(17(30)12-11-15-9-5-6-10-16(15)22(23,24)25)18-19(26)29(21(32)27-20(18)31)13-14-7-3-2-4-8-14/h2-12H,13,26H2,1H3,(H,27,31,32)/b12-11+. The number of aromatic nitrogens is 2. The van der Waals surface area contributed by atoms with Gasteiger partial charge in [-0.15, -0.1) is 0 Å². The molecule has 0 aliphatic rings. The Balaban J connectivity index is 1.94. The summed E-state index contributed by atoms with van der Waals surface area (Å²) in [6.45, 7) is 0.0477. The molecule has 1 aromatic heterocycles. The highest BCUT2D eigenvalue weighted by Crippen LogP contribution is 2.32. The number of nitrogens with two attached hydrogens (primary N) is 1. The van der Waals surface area contributed by atoms with Gasteiger partial charge in [0.2, 0.25) is 0 Å². The Kier molecular flexibility index (Phi) is 6.33. The summed E-state index contributed by atoms with van der Waals surface area (Å²) < 4.78 is 40.5. The molecule has 0 aliphatic carbocycles. The minimum Gasteiger partial charge on any atom is -0.383 e. The number of rotatable bonds is 5. The molecule has 7 nitrogen and oxygen atoms in total. The van der Waals surface area contributed by atoms with Crippen molar-refractivity contribution in [3.05, 3.63) is 98.2 Å². The Morgan fingerprint density at radius 2 is 1.72 bits per heavy atom. The van der Waals surface area contributed by atoms with Crippen LogP contribution in [0.3, 0.4) is 0 Å². The fourth-order valence-corrected chi connectivity index (χ4v) is 3.11. The average Bonchev–Trinajstić information content (AvgIpc) is 2.75. The molecule has 0 unspecified atom stereocenters. The summed E-state index contributed by atoms with van der Waals surface area (Å²) >= 11 is 0. The molecule has 32 heavy (non-hydrogen) atoms. The lowest BCUT2D eigenvalue weighted by atomic mass is 10.1. The smallest absolute Gasteiger partial charge is 0.383 e. The van der Waals surface area contributed by atoms with Crippen molar-refractivity contribution in [1.29, 1.82) is 0 Å². The molecule has 1 amide bonds. The Labute approximate surface area is 180 Å². The van der Waals surface area contributed by atoms with Gasteiger partial charge in [-0.2, -0.15) is 13.2 Å². The van der Waals surface area contributed by atoms with E-state index in [1.165, 1.54) is 25.2 Å². The van der Waals surface area contributed by atoms with Gasteiger partial charge in [-0.1, -0.05) is 48.5 Å². The molecule has 3 aromatic rings. The summed E-state index contributed by atoms with van der Waals surface area (Å²) in [6.07, 6.45) is -2.69. The number of carbonyl (C=O) groups is 1. The highest BCUT2D eigenvalue weighted by Gasteiger charge is 2.32. The predicted octanol–water partition coefficient (Wildman–Crippen LogP) is 2.86. The van der Waals surface area contributed by atoms with Crippen molar-refractivity contribution in [2.75, 3.05) is 17.7 Å². The van der Waals surface area contributed by atoms with Crippen LogP contribution in [0.4, 0.5) is 24.7 Å². The number of H-pyrrole nitrogens is 1. The van der Waals surface area contributed by atoms with Gasteiger partial charge in [0.15, 0.2) is 5.69 Å². The van der Waals surface area contributed by atoms with Crippen LogP contribution < -0.4 is 21.9 Å². The normalized spacial score (nSPS) is 11.6. The molecule has 10 heteroatoms. The maximum Gasteiger partial charge on any atom is 0.416 e. The van der Waals surface area contributed by atoms with Gasteiger partial charge in [-0.25, -0.2) is 4.79 Å². The third-order valence-corrected chi connectivity index (χ3v) is 4.74.